The summed E-state index contributed by atoms with van der Waals surface area (Å²) in [5, 5.41) is 3.51. The smallest absolute Gasteiger partial charge is 0.246 e. The molecule has 0 aliphatic heterocycles. The van der Waals surface area contributed by atoms with Crippen molar-refractivity contribution in [3.63, 3.8) is 0 Å². The van der Waals surface area contributed by atoms with Crippen LogP contribution in [0.4, 0.5) is 0 Å². The minimum Gasteiger partial charge on any atom is -0.372 e. The second kappa shape index (κ2) is 6.51. The first kappa shape index (κ1) is 13.0. The quantitative estimate of drug-likeness (QED) is 0.861. The molecule has 0 bridgehead atoms. The summed E-state index contributed by atoms with van der Waals surface area (Å²) >= 11 is 5.87. The Balaban J connectivity index is 2.52. The van der Waals surface area contributed by atoms with Crippen LogP contribution in [0.2, 0.25) is 5.02 Å². The molecular formula is C12H16ClNO2. The van der Waals surface area contributed by atoms with E-state index in [1.807, 2.05) is 32.0 Å². The number of rotatable bonds is 5. The summed E-state index contributed by atoms with van der Waals surface area (Å²) in [6.07, 6.45) is 0. The first-order valence-corrected chi connectivity index (χ1v) is 5.64. The van der Waals surface area contributed by atoms with Crippen LogP contribution in [-0.4, -0.2) is 19.1 Å². The van der Waals surface area contributed by atoms with Crippen molar-refractivity contribution in [3.05, 3.63) is 34.9 Å². The molecule has 88 valence electrons. The third-order valence-corrected chi connectivity index (χ3v) is 2.40. The summed E-state index contributed by atoms with van der Waals surface area (Å²) in [6, 6.07) is 7.37. The Kier molecular flexibility index (Phi) is 5.29. The number of benzene rings is 1. The highest BCUT2D eigenvalue weighted by Crippen LogP contribution is 2.16. The van der Waals surface area contributed by atoms with Gasteiger partial charge in [0.25, 0.3) is 0 Å². The molecule has 0 aliphatic carbocycles. The predicted molar refractivity (Wildman–Crippen MR) is 64.5 cm³/mol. The molecule has 1 aromatic carbocycles. The maximum absolute atomic E-state index is 11.4. The van der Waals surface area contributed by atoms with Crippen LogP contribution in [0.1, 0.15) is 25.5 Å². The highest BCUT2D eigenvalue weighted by Gasteiger charge is 2.09. The Morgan fingerprint density at radius 1 is 1.56 bits per heavy atom. The summed E-state index contributed by atoms with van der Waals surface area (Å²) in [5.41, 5.74) is 0.984. The summed E-state index contributed by atoms with van der Waals surface area (Å²) < 4.78 is 5.02. The van der Waals surface area contributed by atoms with Gasteiger partial charge < -0.3 is 10.1 Å². The van der Waals surface area contributed by atoms with Gasteiger partial charge in [-0.1, -0.05) is 23.7 Å². The summed E-state index contributed by atoms with van der Waals surface area (Å²) in [7, 11) is 0. The van der Waals surface area contributed by atoms with E-state index in [4.69, 9.17) is 16.3 Å². The Hall–Kier alpha value is -1.06. The molecule has 0 spiro atoms. The van der Waals surface area contributed by atoms with Crippen molar-refractivity contribution >= 4 is 17.5 Å². The normalized spacial score (nSPS) is 12.2. The molecule has 3 nitrogen and oxygen atoms in total. The topological polar surface area (TPSA) is 38.3 Å². The van der Waals surface area contributed by atoms with E-state index in [0.717, 1.165) is 5.56 Å². The van der Waals surface area contributed by atoms with Gasteiger partial charge in [-0.25, -0.2) is 0 Å². The van der Waals surface area contributed by atoms with Crippen LogP contribution in [0.15, 0.2) is 24.3 Å². The summed E-state index contributed by atoms with van der Waals surface area (Å²) in [6.45, 7) is 4.41. The van der Waals surface area contributed by atoms with Gasteiger partial charge in [-0.3, -0.25) is 4.79 Å². The van der Waals surface area contributed by atoms with Crippen LogP contribution in [0.5, 0.6) is 0 Å². The SMILES string of the molecule is CCOCC(=O)NC(C)c1cccc(Cl)c1. The van der Waals surface area contributed by atoms with Gasteiger partial charge >= 0.3 is 0 Å². The Bertz CT molecular complexity index is 355. The average Bonchev–Trinajstić information content (AvgIpc) is 2.26. The van der Waals surface area contributed by atoms with Crippen LogP contribution in [0.3, 0.4) is 0 Å². The Morgan fingerprint density at radius 2 is 2.31 bits per heavy atom. The van der Waals surface area contributed by atoms with Crippen molar-refractivity contribution in [1.29, 1.82) is 0 Å². The number of halogens is 1. The van der Waals surface area contributed by atoms with E-state index in [9.17, 15) is 4.79 Å². The minimum atomic E-state index is -0.116. The second-order valence-electron chi connectivity index (χ2n) is 3.48. The molecule has 0 saturated heterocycles. The van der Waals surface area contributed by atoms with Crippen LogP contribution in [0.25, 0.3) is 0 Å². The molecule has 1 atom stereocenters. The molecule has 1 N–H and O–H groups in total. The van der Waals surface area contributed by atoms with Crippen molar-refractivity contribution in [2.75, 3.05) is 13.2 Å². The molecule has 0 aliphatic rings. The molecule has 4 heteroatoms. The van der Waals surface area contributed by atoms with Gasteiger partial charge in [-0.2, -0.15) is 0 Å². The molecule has 16 heavy (non-hydrogen) atoms. The monoisotopic (exact) mass is 241 g/mol. The van der Waals surface area contributed by atoms with Gasteiger partial charge in [0.1, 0.15) is 6.61 Å². The number of ether oxygens (including phenoxy) is 1. The average molecular weight is 242 g/mol. The number of carbonyl (C=O) groups excluding carboxylic acids is 1. The zero-order chi connectivity index (χ0) is 12.0. The first-order chi connectivity index (χ1) is 7.63. The molecule has 0 saturated carbocycles. The number of hydrogen-bond acceptors (Lipinski definition) is 2. The van der Waals surface area contributed by atoms with Gasteiger partial charge in [0, 0.05) is 11.6 Å². The van der Waals surface area contributed by atoms with E-state index in [1.54, 1.807) is 6.07 Å². The van der Waals surface area contributed by atoms with Crippen molar-refractivity contribution in [2.45, 2.75) is 19.9 Å². The van der Waals surface area contributed by atoms with Crippen LogP contribution in [-0.2, 0) is 9.53 Å². The molecular weight excluding hydrogens is 226 g/mol. The van der Waals surface area contributed by atoms with Crippen molar-refractivity contribution in [1.82, 2.24) is 5.32 Å². The molecule has 1 amide bonds. The third kappa shape index (κ3) is 4.21. The molecule has 1 unspecified atom stereocenters. The van der Waals surface area contributed by atoms with E-state index in [0.29, 0.717) is 11.6 Å². The van der Waals surface area contributed by atoms with Crippen LogP contribution >= 0.6 is 11.6 Å². The molecule has 1 aromatic rings. The number of amides is 1. The lowest BCUT2D eigenvalue weighted by Gasteiger charge is -2.14. The highest BCUT2D eigenvalue weighted by molar-refractivity contribution is 6.30. The van der Waals surface area contributed by atoms with Gasteiger partial charge in [0.05, 0.1) is 6.04 Å². The minimum absolute atomic E-state index is 0.0633. The van der Waals surface area contributed by atoms with E-state index < -0.39 is 0 Å². The summed E-state index contributed by atoms with van der Waals surface area (Å²) in [5.74, 6) is -0.116. The molecule has 0 fully saturated rings. The van der Waals surface area contributed by atoms with E-state index in [2.05, 4.69) is 5.32 Å². The van der Waals surface area contributed by atoms with E-state index in [-0.39, 0.29) is 18.6 Å². The zero-order valence-corrected chi connectivity index (χ0v) is 10.3. The third-order valence-electron chi connectivity index (χ3n) is 2.16. The molecule has 1 rings (SSSR count). The van der Waals surface area contributed by atoms with Crippen LogP contribution in [0, 0.1) is 0 Å². The van der Waals surface area contributed by atoms with Crippen LogP contribution < -0.4 is 5.32 Å². The molecule has 0 heterocycles. The fourth-order valence-corrected chi connectivity index (χ4v) is 1.54. The molecule has 0 aromatic heterocycles. The zero-order valence-electron chi connectivity index (χ0n) is 9.50. The maximum atomic E-state index is 11.4. The first-order valence-electron chi connectivity index (χ1n) is 5.26. The van der Waals surface area contributed by atoms with Crippen molar-refractivity contribution in [3.8, 4) is 0 Å². The van der Waals surface area contributed by atoms with Gasteiger partial charge in [-0.15, -0.1) is 0 Å². The fourth-order valence-electron chi connectivity index (χ4n) is 1.34. The fraction of sp³-hybridized carbons (Fsp3) is 0.417. The van der Waals surface area contributed by atoms with Crippen molar-refractivity contribution < 1.29 is 9.53 Å². The van der Waals surface area contributed by atoms with Gasteiger partial charge in [0.15, 0.2) is 0 Å². The van der Waals surface area contributed by atoms with Gasteiger partial charge in [-0.05, 0) is 31.5 Å². The largest absolute Gasteiger partial charge is 0.372 e. The predicted octanol–water partition coefficient (Wildman–Crippen LogP) is 2.55. The number of carbonyl (C=O) groups is 1. The maximum Gasteiger partial charge on any atom is 0.246 e. The highest BCUT2D eigenvalue weighted by atomic mass is 35.5. The lowest BCUT2D eigenvalue weighted by atomic mass is 10.1. The standard InChI is InChI=1S/C12H16ClNO2/c1-3-16-8-12(15)14-9(2)10-5-4-6-11(13)7-10/h4-7,9H,3,8H2,1-2H3,(H,14,15). The number of nitrogens with one attached hydrogen (secondary N) is 1. The van der Waals surface area contributed by atoms with E-state index in [1.165, 1.54) is 0 Å². The lowest BCUT2D eigenvalue weighted by Crippen LogP contribution is -2.30. The summed E-state index contributed by atoms with van der Waals surface area (Å²) in [4.78, 5) is 11.4. The van der Waals surface area contributed by atoms with Crippen molar-refractivity contribution in [2.24, 2.45) is 0 Å². The second-order valence-corrected chi connectivity index (χ2v) is 3.92. The number of hydrogen-bond donors (Lipinski definition) is 1. The van der Waals surface area contributed by atoms with E-state index >= 15 is 0 Å². The lowest BCUT2D eigenvalue weighted by molar-refractivity contribution is -0.126. The Labute approximate surface area is 101 Å². The Morgan fingerprint density at radius 3 is 2.94 bits per heavy atom. The van der Waals surface area contributed by atoms with Gasteiger partial charge in [0.2, 0.25) is 5.91 Å². The molecule has 0 radical (unpaired) electrons.